The van der Waals surface area contributed by atoms with Gasteiger partial charge >= 0.3 is 0 Å². The lowest BCUT2D eigenvalue weighted by Crippen LogP contribution is -1.97. The van der Waals surface area contributed by atoms with Gasteiger partial charge in [-0.05, 0) is 48.0 Å². The number of ether oxygens (including phenoxy) is 2. The van der Waals surface area contributed by atoms with Gasteiger partial charge in [0, 0.05) is 6.21 Å². The van der Waals surface area contributed by atoms with Gasteiger partial charge in [-0.2, -0.15) is 0 Å². The molecular weight excluding hydrogens is 266 g/mol. The van der Waals surface area contributed by atoms with E-state index in [0.29, 0.717) is 11.5 Å². The van der Waals surface area contributed by atoms with Crippen LogP contribution in [0.2, 0.25) is 0 Å². The molecule has 106 valence electrons. The molecule has 2 rings (SSSR count). The first-order chi connectivity index (χ1) is 10.2. The molecule has 21 heavy (non-hydrogen) atoms. The number of aromatic hydroxyl groups is 1. The van der Waals surface area contributed by atoms with Gasteiger partial charge in [-0.25, -0.2) is 0 Å². The van der Waals surface area contributed by atoms with Gasteiger partial charge in [-0.3, -0.25) is 4.99 Å². The zero-order chi connectivity index (χ0) is 15.1. The largest absolute Gasteiger partial charge is 0.508 e. The van der Waals surface area contributed by atoms with Gasteiger partial charge in [0.05, 0.1) is 12.8 Å². The lowest BCUT2D eigenvalue weighted by molar-refractivity contribution is 0.331. The van der Waals surface area contributed by atoms with E-state index in [1.54, 1.807) is 43.7 Å². The molecule has 0 aliphatic carbocycles. The van der Waals surface area contributed by atoms with Crippen molar-refractivity contribution in [3.63, 3.8) is 0 Å². The predicted octanol–water partition coefficient (Wildman–Crippen LogP) is 3.16. The van der Waals surface area contributed by atoms with E-state index in [0.717, 1.165) is 11.3 Å². The first-order valence-electron chi connectivity index (χ1n) is 6.30. The summed E-state index contributed by atoms with van der Waals surface area (Å²) in [5.74, 6) is 3.81. The molecule has 4 nitrogen and oxygen atoms in total. The zero-order valence-electron chi connectivity index (χ0n) is 11.6. The van der Waals surface area contributed by atoms with Crippen LogP contribution >= 0.6 is 0 Å². The van der Waals surface area contributed by atoms with Crippen molar-refractivity contribution in [1.82, 2.24) is 0 Å². The molecule has 0 saturated carbocycles. The van der Waals surface area contributed by atoms with Crippen LogP contribution in [0.25, 0.3) is 0 Å². The smallest absolute Gasteiger partial charge is 0.162 e. The van der Waals surface area contributed by atoms with E-state index in [1.165, 1.54) is 0 Å². The lowest BCUT2D eigenvalue weighted by Gasteiger charge is -2.09. The van der Waals surface area contributed by atoms with Crippen LogP contribution in [-0.2, 0) is 0 Å². The molecule has 0 bridgehead atoms. The van der Waals surface area contributed by atoms with E-state index in [4.69, 9.17) is 15.9 Å². The maximum atomic E-state index is 9.22. The first kappa shape index (κ1) is 14.5. The van der Waals surface area contributed by atoms with Crippen LogP contribution in [0, 0.1) is 12.3 Å². The molecule has 0 aromatic heterocycles. The van der Waals surface area contributed by atoms with E-state index >= 15 is 0 Å². The highest BCUT2D eigenvalue weighted by Crippen LogP contribution is 2.27. The fourth-order valence-electron chi connectivity index (χ4n) is 1.69. The van der Waals surface area contributed by atoms with Crippen LogP contribution in [0.15, 0.2) is 47.5 Å². The summed E-state index contributed by atoms with van der Waals surface area (Å²) < 4.78 is 10.6. The summed E-state index contributed by atoms with van der Waals surface area (Å²) in [4.78, 5) is 4.32. The summed E-state index contributed by atoms with van der Waals surface area (Å²) in [6.07, 6.45) is 6.87. The minimum absolute atomic E-state index is 0.192. The molecule has 0 atom stereocenters. The highest BCUT2D eigenvalue weighted by molar-refractivity contribution is 5.83. The zero-order valence-corrected chi connectivity index (χ0v) is 11.6. The summed E-state index contributed by atoms with van der Waals surface area (Å²) in [6.45, 7) is 0.192. The Hall–Kier alpha value is -2.93. The second-order valence-corrected chi connectivity index (χ2v) is 4.18. The molecule has 1 N–H and O–H groups in total. The molecule has 0 radical (unpaired) electrons. The number of hydrogen-bond acceptors (Lipinski definition) is 4. The number of aliphatic imine (C=N–C) groups is 1. The van der Waals surface area contributed by atoms with Crippen molar-refractivity contribution in [2.75, 3.05) is 13.7 Å². The number of terminal acetylenes is 1. The Labute approximate surface area is 123 Å². The minimum Gasteiger partial charge on any atom is -0.508 e. The highest BCUT2D eigenvalue weighted by Gasteiger charge is 2.04. The van der Waals surface area contributed by atoms with Crippen LogP contribution < -0.4 is 9.47 Å². The average molecular weight is 281 g/mol. The molecule has 0 fully saturated rings. The molecular formula is C17H15NO3. The maximum Gasteiger partial charge on any atom is 0.162 e. The third-order valence-corrected chi connectivity index (χ3v) is 2.71. The van der Waals surface area contributed by atoms with Gasteiger partial charge in [0.25, 0.3) is 0 Å². The van der Waals surface area contributed by atoms with Gasteiger partial charge in [0.2, 0.25) is 0 Å². The Bertz CT molecular complexity index is 669. The second-order valence-electron chi connectivity index (χ2n) is 4.18. The molecule has 4 heteroatoms. The van der Waals surface area contributed by atoms with Crippen molar-refractivity contribution in [2.24, 2.45) is 4.99 Å². The van der Waals surface area contributed by atoms with Gasteiger partial charge in [-0.15, -0.1) is 6.42 Å². The molecule has 0 saturated heterocycles. The third-order valence-electron chi connectivity index (χ3n) is 2.71. The number of rotatable bonds is 5. The summed E-state index contributed by atoms with van der Waals surface area (Å²) in [6, 6.07) is 12.1. The highest BCUT2D eigenvalue weighted by atomic mass is 16.5. The fraction of sp³-hybridized carbons (Fsp3) is 0.118. The molecule has 0 aliphatic rings. The van der Waals surface area contributed by atoms with Gasteiger partial charge < -0.3 is 14.6 Å². The molecule has 0 unspecified atom stereocenters. The van der Waals surface area contributed by atoms with Crippen LogP contribution in [-0.4, -0.2) is 25.0 Å². The average Bonchev–Trinajstić information content (AvgIpc) is 2.52. The first-order valence-corrected chi connectivity index (χ1v) is 6.30. The standard InChI is InChI=1S/C17H15NO3/c1-3-10-21-16-9-4-13(11-17(16)20-2)12-18-14-5-7-15(19)8-6-14/h1,4-9,11-12,19H,10H2,2H3. The monoisotopic (exact) mass is 281 g/mol. The second kappa shape index (κ2) is 7.01. The molecule has 0 aliphatic heterocycles. The van der Waals surface area contributed by atoms with Gasteiger partial charge in [0.15, 0.2) is 11.5 Å². The van der Waals surface area contributed by atoms with Crippen molar-refractivity contribution in [1.29, 1.82) is 0 Å². The van der Waals surface area contributed by atoms with Gasteiger partial charge in [0.1, 0.15) is 12.4 Å². The number of hydrogen-bond donors (Lipinski definition) is 1. The number of phenolic OH excluding ortho intramolecular Hbond substituents is 1. The molecule has 0 spiro atoms. The summed E-state index contributed by atoms with van der Waals surface area (Å²) in [5, 5.41) is 9.22. The Kier molecular flexibility index (Phi) is 4.84. The van der Waals surface area contributed by atoms with Crippen molar-refractivity contribution in [2.45, 2.75) is 0 Å². The number of benzene rings is 2. The van der Waals surface area contributed by atoms with E-state index in [2.05, 4.69) is 10.9 Å². The van der Waals surface area contributed by atoms with E-state index < -0.39 is 0 Å². The van der Waals surface area contributed by atoms with E-state index in [-0.39, 0.29) is 12.4 Å². The summed E-state index contributed by atoms with van der Waals surface area (Å²) in [7, 11) is 1.57. The number of nitrogens with zero attached hydrogens (tertiary/aromatic N) is 1. The van der Waals surface area contributed by atoms with Crippen LogP contribution in [0.3, 0.4) is 0 Å². The van der Waals surface area contributed by atoms with E-state index in [9.17, 15) is 5.11 Å². The Morgan fingerprint density at radius 2 is 1.95 bits per heavy atom. The normalized spacial score (nSPS) is 10.3. The van der Waals surface area contributed by atoms with Crippen LogP contribution in [0.1, 0.15) is 5.56 Å². The molecule has 2 aromatic carbocycles. The fourth-order valence-corrected chi connectivity index (χ4v) is 1.69. The molecule has 2 aromatic rings. The van der Waals surface area contributed by atoms with Crippen LogP contribution in [0.4, 0.5) is 5.69 Å². The topological polar surface area (TPSA) is 51.0 Å². The van der Waals surface area contributed by atoms with Crippen molar-refractivity contribution in [3.05, 3.63) is 48.0 Å². The predicted molar refractivity (Wildman–Crippen MR) is 82.7 cm³/mol. The van der Waals surface area contributed by atoms with Crippen molar-refractivity contribution < 1.29 is 14.6 Å². The third kappa shape index (κ3) is 4.02. The van der Waals surface area contributed by atoms with E-state index in [1.807, 2.05) is 12.1 Å². The van der Waals surface area contributed by atoms with Crippen molar-refractivity contribution >= 4 is 11.9 Å². The number of phenols is 1. The van der Waals surface area contributed by atoms with Crippen molar-refractivity contribution in [3.8, 4) is 29.6 Å². The Morgan fingerprint density at radius 1 is 1.19 bits per heavy atom. The number of methoxy groups -OCH3 is 1. The summed E-state index contributed by atoms with van der Waals surface area (Å²) in [5.41, 5.74) is 1.62. The molecule has 0 amide bonds. The minimum atomic E-state index is 0.192. The summed E-state index contributed by atoms with van der Waals surface area (Å²) >= 11 is 0. The van der Waals surface area contributed by atoms with Crippen LogP contribution in [0.5, 0.6) is 17.2 Å². The maximum absolute atomic E-state index is 9.22. The quantitative estimate of drug-likeness (QED) is 0.676. The Morgan fingerprint density at radius 3 is 2.62 bits per heavy atom. The SMILES string of the molecule is C#CCOc1ccc(C=Nc2ccc(O)cc2)cc1OC. The van der Waals surface area contributed by atoms with Gasteiger partial charge in [-0.1, -0.05) is 5.92 Å². The molecule has 0 heterocycles. The lowest BCUT2D eigenvalue weighted by atomic mass is 10.2. The Balaban J connectivity index is 2.17.